The minimum Gasteiger partial charge on any atom is -0.291 e. The van der Waals surface area contributed by atoms with Crippen LogP contribution in [0.3, 0.4) is 0 Å². The van der Waals surface area contributed by atoms with Crippen LogP contribution in [-0.4, -0.2) is 23.2 Å². The van der Waals surface area contributed by atoms with Crippen molar-refractivity contribution >= 4 is 6.21 Å². The van der Waals surface area contributed by atoms with Gasteiger partial charge in [0.1, 0.15) is 0 Å². The van der Waals surface area contributed by atoms with Crippen molar-refractivity contribution < 1.29 is 9.95 Å². The van der Waals surface area contributed by atoms with Crippen molar-refractivity contribution in [2.24, 2.45) is 0 Å². The summed E-state index contributed by atoms with van der Waals surface area (Å²) in [4.78, 5) is 0. The summed E-state index contributed by atoms with van der Waals surface area (Å²) < 4.78 is 1.04. The van der Waals surface area contributed by atoms with E-state index in [1.807, 2.05) is 30.3 Å². The molecule has 52 valence electrons. The Kier molecular flexibility index (Phi) is 2.05. The third-order valence-electron chi connectivity index (χ3n) is 1.14. The fourth-order valence-electron chi connectivity index (χ4n) is 0.755. The van der Waals surface area contributed by atoms with Gasteiger partial charge in [0.05, 0.1) is 0 Å². The first-order valence-corrected chi connectivity index (χ1v) is 3.10. The molecule has 0 amide bonds. The first-order chi connectivity index (χ1) is 4.79. The molecule has 0 spiro atoms. The third-order valence-corrected chi connectivity index (χ3v) is 1.14. The van der Waals surface area contributed by atoms with E-state index in [0.717, 1.165) is 10.3 Å². The van der Waals surface area contributed by atoms with Crippen LogP contribution in [0.5, 0.6) is 0 Å². The molecule has 0 saturated carbocycles. The Balaban J connectivity index is 2.87. The Morgan fingerprint density at radius 3 is 2.40 bits per heavy atom. The van der Waals surface area contributed by atoms with Crippen LogP contribution in [0, 0.1) is 0 Å². The van der Waals surface area contributed by atoms with Gasteiger partial charge in [0.2, 0.25) is 6.21 Å². The zero-order valence-electron chi connectivity index (χ0n) is 5.86. The maximum Gasteiger partial charge on any atom is 0.222 e. The first-order valence-electron chi connectivity index (χ1n) is 3.10. The van der Waals surface area contributed by atoms with Crippen LogP contribution in [0.1, 0.15) is 5.56 Å². The summed E-state index contributed by atoms with van der Waals surface area (Å²) in [5.41, 5.74) is 0.993. The highest BCUT2D eigenvalue weighted by molar-refractivity contribution is 5.74. The molecule has 1 aromatic rings. The Bertz CT molecular complexity index is 224. The van der Waals surface area contributed by atoms with Crippen molar-refractivity contribution in [3.8, 4) is 0 Å². The van der Waals surface area contributed by atoms with Gasteiger partial charge in [-0.2, -0.15) is 0 Å². The Labute approximate surface area is 60.0 Å². The minimum atomic E-state index is 0.993. The predicted molar refractivity (Wildman–Crippen MR) is 39.6 cm³/mol. The normalized spacial score (nSPS) is 11.5. The highest BCUT2D eigenvalue weighted by Gasteiger charge is 1.90. The molecule has 2 nitrogen and oxygen atoms in total. The number of hydroxylamine groups is 1. The fraction of sp³-hybridized carbons (Fsp3) is 0.125. The second-order valence-electron chi connectivity index (χ2n) is 2.11. The largest absolute Gasteiger partial charge is 0.291 e. The number of hydrogen-bond acceptors (Lipinski definition) is 1. The van der Waals surface area contributed by atoms with Gasteiger partial charge < -0.3 is 0 Å². The van der Waals surface area contributed by atoms with Crippen molar-refractivity contribution in [1.29, 1.82) is 0 Å². The van der Waals surface area contributed by atoms with Gasteiger partial charge in [-0.1, -0.05) is 18.2 Å². The minimum absolute atomic E-state index is 0.993. The quantitative estimate of drug-likeness (QED) is 0.266. The zero-order chi connectivity index (χ0) is 7.40. The van der Waals surface area contributed by atoms with Gasteiger partial charge >= 0.3 is 0 Å². The Hall–Kier alpha value is -1.31. The van der Waals surface area contributed by atoms with Gasteiger partial charge in [0.25, 0.3) is 0 Å². The Morgan fingerprint density at radius 1 is 1.30 bits per heavy atom. The average molecular weight is 136 g/mol. The molecule has 0 heterocycles. The third kappa shape index (κ3) is 1.90. The maximum atomic E-state index is 8.78. The van der Waals surface area contributed by atoms with E-state index in [1.54, 1.807) is 13.3 Å². The monoisotopic (exact) mass is 136 g/mol. The van der Waals surface area contributed by atoms with E-state index in [4.69, 9.17) is 5.21 Å². The fourth-order valence-corrected chi connectivity index (χ4v) is 0.755. The molecule has 0 atom stereocenters. The standard InChI is InChI=1S/C8H10NO/c1-9(10)7-8-5-3-2-4-6-8/h2-7,10H,1H3/q+1. The molecule has 1 rings (SSSR count). The first kappa shape index (κ1) is 6.81. The number of hydrogen-bond donors (Lipinski definition) is 1. The molecular formula is C8H10NO+. The topological polar surface area (TPSA) is 23.2 Å². The zero-order valence-corrected chi connectivity index (χ0v) is 5.86. The molecule has 0 saturated heterocycles. The molecule has 0 aliphatic heterocycles. The van der Waals surface area contributed by atoms with Crippen molar-refractivity contribution in [3.05, 3.63) is 35.9 Å². The van der Waals surface area contributed by atoms with E-state index in [9.17, 15) is 0 Å². The van der Waals surface area contributed by atoms with Crippen molar-refractivity contribution in [1.82, 2.24) is 0 Å². The lowest BCUT2D eigenvalue weighted by Gasteiger charge is -1.85. The molecule has 2 heteroatoms. The summed E-state index contributed by atoms with van der Waals surface area (Å²) in [6.07, 6.45) is 1.64. The lowest BCUT2D eigenvalue weighted by atomic mass is 10.2. The number of benzene rings is 1. The summed E-state index contributed by atoms with van der Waals surface area (Å²) in [6.45, 7) is 0. The molecule has 10 heavy (non-hydrogen) atoms. The second-order valence-corrected chi connectivity index (χ2v) is 2.11. The van der Waals surface area contributed by atoms with Gasteiger partial charge in [-0.15, -0.1) is 0 Å². The van der Waals surface area contributed by atoms with Gasteiger partial charge in [-0.05, 0) is 16.9 Å². The second kappa shape index (κ2) is 3.01. The molecular weight excluding hydrogens is 126 g/mol. The molecule has 1 N–H and O–H groups in total. The summed E-state index contributed by atoms with van der Waals surface area (Å²) in [6, 6.07) is 9.64. The van der Waals surface area contributed by atoms with E-state index >= 15 is 0 Å². The number of nitrogens with zero attached hydrogens (tertiary/aromatic N) is 1. The van der Waals surface area contributed by atoms with Crippen molar-refractivity contribution in [2.75, 3.05) is 7.05 Å². The van der Waals surface area contributed by atoms with E-state index < -0.39 is 0 Å². The molecule has 0 bridgehead atoms. The summed E-state index contributed by atoms with van der Waals surface area (Å²) >= 11 is 0. The predicted octanol–water partition coefficient (Wildman–Crippen LogP) is 1.14. The summed E-state index contributed by atoms with van der Waals surface area (Å²) in [5.74, 6) is 0. The van der Waals surface area contributed by atoms with Gasteiger partial charge in [0, 0.05) is 5.56 Å². The molecule has 0 aliphatic carbocycles. The van der Waals surface area contributed by atoms with Crippen molar-refractivity contribution in [2.45, 2.75) is 0 Å². The molecule has 0 aliphatic rings. The lowest BCUT2D eigenvalue weighted by molar-refractivity contribution is -0.750. The van der Waals surface area contributed by atoms with Gasteiger partial charge in [0.15, 0.2) is 7.05 Å². The lowest BCUT2D eigenvalue weighted by Crippen LogP contribution is -1.99. The van der Waals surface area contributed by atoms with Crippen LogP contribution in [0.2, 0.25) is 0 Å². The van der Waals surface area contributed by atoms with Crippen LogP contribution >= 0.6 is 0 Å². The van der Waals surface area contributed by atoms with Gasteiger partial charge in [-0.25, -0.2) is 0 Å². The molecule has 0 radical (unpaired) electrons. The van der Waals surface area contributed by atoms with Crippen LogP contribution in [0.25, 0.3) is 0 Å². The van der Waals surface area contributed by atoms with Crippen LogP contribution < -0.4 is 0 Å². The Morgan fingerprint density at radius 2 is 1.90 bits per heavy atom. The molecule has 1 aromatic carbocycles. The van der Waals surface area contributed by atoms with E-state index in [1.165, 1.54) is 0 Å². The van der Waals surface area contributed by atoms with Crippen LogP contribution in [-0.2, 0) is 0 Å². The molecule has 0 unspecified atom stereocenters. The van der Waals surface area contributed by atoms with E-state index in [2.05, 4.69) is 0 Å². The molecule has 0 fully saturated rings. The smallest absolute Gasteiger partial charge is 0.222 e. The van der Waals surface area contributed by atoms with E-state index in [-0.39, 0.29) is 0 Å². The maximum absolute atomic E-state index is 8.78. The van der Waals surface area contributed by atoms with Crippen LogP contribution in [0.4, 0.5) is 0 Å². The number of rotatable bonds is 1. The summed E-state index contributed by atoms with van der Waals surface area (Å²) in [5, 5.41) is 8.78. The molecule has 0 aromatic heterocycles. The van der Waals surface area contributed by atoms with Gasteiger partial charge in [-0.3, -0.25) is 5.21 Å². The van der Waals surface area contributed by atoms with Crippen molar-refractivity contribution in [3.63, 3.8) is 0 Å². The SMILES string of the molecule is C[N+](O)=Cc1ccccc1. The highest BCUT2D eigenvalue weighted by atomic mass is 16.5. The van der Waals surface area contributed by atoms with Crippen LogP contribution in [0.15, 0.2) is 30.3 Å². The summed E-state index contributed by atoms with van der Waals surface area (Å²) in [7, 11) is 1.58. The average Bonchev–Trinajstić information content (AvgIpc) is 1.88. The highest BCUT2D eigenvalue weighted by Crippen LogP contribution is 1.92. The van der Waals surface area contributed by atoms with E-state index in [0.29, 0.717) is 0 Å².